The van der Waals surface area contributed by atoms with Crippen molar-refractivity contribution in [1.29, 1.82) is 0 Å². The number of benzene rings is 1. The van der Waals surface area contributed by atoms with E-state index in [4.69, 9.17) is 5.73 Å². The molecule has 3 amide bonds. The lowest BCUT2D eigenvalue weighted by Gasteiger charge is -2.21. The van der Waals surface area contributed by atoms with Gasteiger partial charge in [0.05, 0.1) is 11.1 Å². The Morgan fingerprint density at radius 1 is 1.29 bits per heavy atom. The maximum absolute atomic E-state index is 12.3. The van der Waals surface area contributed by atoms with Gasteiger partial charge in [0.2, 0.25) is 5.91 Å². The molecule has 0 aromatic heterocycles. The maximum atomic E-state index is 12.3. The first-order valence-electron chi connectivity index (χ1n) is 6.93. The van der Waals surface area contributed by atoms with Crippen LogP contribution in [-0.2, 0) is 4.79 Å². The van der Waals surface area contributed by atoms with E-state index >= 15 is 0 Å². The molecule has 1 heterocycles. The highest BCUT2D eigenvalue weighted by molar-refractivity contribution is 6.22. The smallest absolute Gasteiger partial charge is 0.262 e. The molecule has 0 aliphatic carbocycles. The van der Waals surface area contributed by atoms with Crippen LogP contribution in [0.4, 0.5) is 0 Å². The molecule has 0 saturated heterocycles. The minimum absolute atomic E-state index is 0.352. The van der Waals surface area contributed by atoms with Gasteiger partial charge in [0.15, 0.2) is 0 Å². The molecule has 1 aromatic carbocycles. The molecule has 0 spiro atoms. The zero-order valence-corrected chi connectivity index (χ0v) is 12.2. The van der Waals surface area contributed by atoms with Gasteiger partial charge < -0.3 is 11.1 Å². The van der Waals surface area contributed by atoms with Crippen LogP contribution in [0.3, 0.4) is 0 Å². The predicted octanol–water partition coefficient (Wildman–Crippen LogP) is 0.445. The van der Waals surface area contributed by atoms with Gasteiger partial charge in [-0.25, -0.2) is 0 Å². The quantitative estimate of drug-likeness (QED) is 0.608. The molecule has 6 nitrogen and oxygen atoms in total. The Balaban J connectivity index is 2.17. The Morgan fingerprint density at radius 3 is 2.62 bits per heavy atom. The minimum atomic E-state index is -0.838. The van der Waals surface area contributed by atoms with Crippen LogP contribution in [0.1, 0.15) is 39.6 Å². The Morgan fingerprint density at radius 2 is 1.95 bits per heavy atom. The van der Waals surface area contributed by atoms with Gasteiger partial charge in [0, 0.05) is 6.54 Å². The van der Waals surface area contributed by atoms with E-state index in [2.05, 4.69) is 5.32 Å². The summed E-state index contributed by atoms with van der Waals surface area (Å²) in [4.78, 5) is 37.7. The maximum Gasteiger partial charge on any atom is 0.262 e. The van der Waals surface area contributed by atoms with Crippen molar-refractivity contribution in [2.75, 3.05) is 13.1 Å². The second kappa shape index (κ2) is 6.05. The summed E-state index contributed by atoms with van der Waals surface area (Å²) in [5, 5.41) is 2.67. The molecule has 6 heteroatoms. The summed E-state index contributed by atoms with van der Waals surface area (Å²) in [6.45, 7) is 4.30. The van der Waals surface area contributed by atoms with E-state index in [-0.39, 0.29) is 5.91 Å². The Bertz CT molecular complexity index is 598. The van der Waals surface area contributed by atoms with Crippen LogP contribution in [0, 0.1) is 6.92 Å². The predicted molar refractivity (Wildman–Crippen MR) is 77.8 cm³/mol. The van der Waals surface area contributed by atoms with E-state index < -0.39 is 17.9 Å². The summed E-state index contributed by atoms with van der Waals surface area (Å²) >= 11 is 0. The second-order valence-electron chi connectivity index (χ2n) is 5.14. The van der Waals surface area contributed by atoms with Crippen molar-refractivity contribution in [3.8, 4) is 0 Å². The van der Waals surface area contributed by atoms with Gasteiger partial charge in [-0.1, -0.05) is 11.6 Å². The number of aryl methyl sites for hydroxylation is 1. The number of hydrogen-bond donors (Lipinski definition) is 2. The monoisotopic (exact) mass is 289 g/mol. The van der Waals surface area contributed by atoms with Crippen LogP contribution in [0.25, 0.3) is 0 Å². The zero-order valence-electron chi connectivity index (χ0n) is 12.2. The molecular weight excluding hydrogens is 270 g/mol. The molecule has 1 atom stereocenters. The van der Waals surface area contributed by atoms with Gasteiger partial charge in [-0.05, 0) is 38.9 Å². The lowest BCUT2D eigenvalue weighted by Crippen LogP contribution is -2.48. The summed E-state index contributed by atoms with van der Waals surface area (Å²) in [6.07, 6.45) is 0.653. The molecule has 2 rings (SSSR count). The third kappa shape index (κ3) is 2.80. The van der Waals surface area contributed by atoms with Crippen LogP contribution >= 0.6 is 0 Å². The van der Waals surface area contributed by atoms with Crippen molar-refractivity contribution in [3.05, 3.63) is 34.9 Å². The van der Waals surface area contributed by atoms with E-state index in [0.29, 0.717) is 30.6 Å². The topological polar surface area (TPSA) is 92.5 Å². The van der Waals surface area contributed by atoms with Crippen molar-refractivity contribution in [3.63, 3.8) is 0 Å². The molecule has 0 fully saturated rings. The molecule has 112 valence electrons. The average molecular weight is 289 g/mol. The van der Waals surface area contributed by atoms with Gasteiger partial charge in [0.25, 0.3) is 11.8 Å². The lowest BCUT2D eigenvalue weighted by molar-refractivity contribution is -0.124. The van der Waals surface area contributed by atoms with Gasteiger partial charge in [-0.3, -0.25) is 19.3 Å². The van der Waals surface area contributed by atoms with Gasteiger partial charge in [0.1, 0.15) is 6.04 Å². The van der Waals surface area contributed by atoms with Crippen molar-refractivity contribution in [2.24, 2.45) is 5.73 Å². The van der Waals surface area contributed by atoms with E-state index in [1.165, 1.54) is 0 Å². The molecule has 1 unspecified atom stereocenters. The zero-order chi connectivity index (χ0) is 15.6. The summed E-state index contributed by atoms with van der Waals surface area (Å²) in [5.41, 5.74) is 6.98. The molecule has 0 bridgehead atoms. The van der Waals surface area contributed by atoms with Gasteiger partial charge in [-0.15, -0.1) is 0 Å². The highest BCUT2D eigenvalue weighted by Crippen LogP contribution is 2.25. The van der Waals surface area contributed by atoms with Crippen LogP contribution in [0.15, 0.2) is 18.2 Å². The second-order valence-corrected chi connectivity index (χ2v) is 5.14. The first-order valence-corrected chi connectivity index (χ1v) is 6.93. The van der Waals surface area contributed by atoms with Crippen molar-refractivity contribution < 1.29 is 14.4 Å². The standard InChI is InChI=1S/C15H19N3O3/c1-9-4-5-11-12(8-9)15(21)18(14(11)20)10(2)13(19)17-7-3-6-16/h4-5,8,10H,3,6-7,16H2,1-2H3,(H,17,19). The first kappa shape index (κ1) is 15.2. The lowest BCUT2D eigenvalue weighted by atomic mass is 10.1. The molecule has 21 heavy (non-hydrogen) atoms. The SMILES string of the molecule is Cc1ccc2c(c1)C(=O)N(C(C)C(=O)NCCCN)C2=O. The third-order valence-electron chi connectivity index (χ3n) is 3.52. The molecule has 0 radical (unpaired) electrons. The van der Waals surface area contributed by atoms with Crippen LogP contribution in [0.2, 0.25) is 0 Å². The molecule has 1 aliphatic rings. The average Bonchev–Trinajstić information content (AvgIpc) is 2.70. The summed E-state index contributed by atoms with van der Waals surface area (Å²) < 4.78 is 0. The minimum Gasteiger partial charge on any atom is -0.354 e. The van der Waals surface area contributed by atoms with Crippen molar-refractivity contribution >= 4 is 17.7 Å². The largest absolute Gasteiger partial charge is 0.354 e. The van der Waals surface area contributed by atoms with Crippen LogP contribution in [-0.4, -0.2) is 41.8 Å². The number of carbonyl (C=O) groups is 3. The summed E-state index contributed by atoms with van der Waals surface area (Å²) in [5.74, 6) is -1.19. The first-order chi connectivity index (χ1) is 9.97. The number of carbonyl (C=O) groups excluding carboxylic acids is 3. The van der Waals surface area contributed by atoms with Gasteiger partial charge >= 0.3 is 0 Å². The van der Waals surface area contributed by atoms with E-state index in [1.807, 2.05) is 6.92 Å². The molecule has 3 N–H and O–H groups in total. The highest BCUT2D eigenvalue weighted by Gasteiger charge is 2.40. The number of nitrogens with zero attached hydrogens (tertiary/aromatic N) is 1. The Hall–Kier alpha value is -2.21. The Labute approximate surface area is 123 Å². The van der Waals surface area contributed by atoms with Crippen LogP contribution in [0.5, 0.6) is 0 Å². The van der Waals surface area contributed by atoms with E-state index in [9.17, 15) is 14.4 Å². The van der Waals surface area contributed by atoms with E-state index in [0.717, 1.165) is 10.5 Å². The highest BCUT2D eigenvalue weighted by atomic mass is 16.2. The normalized spacial score (nSPS) is 15.1. The van der Waals surface area contributed by atoms with Gasteiger partial charge in [-0.2, -0.15) is 0 Å². The van der Waals surface area contributed by atoms with Crippen molar-refractivity contribution in [1.82, 2.24) is 10.2 Å². The number of hydrogen-bond acceptors (Lipinski definition) is 4. The molecule has 1 aliphatic heterocycles. The van der Waals surface area contributed by atoms with Crippen molar-refractivity contribution in [2.45, 2.75) is 26.3 Å². The van der Waals surface area contributed by atoms with Crippen LogP contribution < -0.4 is 11.1 Å². The number of nitrogens with one attached hydrogen (secondary N) is 1. The third-order valence-corrected chi connectivity index (χ3v) is 3.52. The fourth-order valence-electron chi connectivity index (χ4n) is 2.30. The number of amides is 3. The fraction of sp³-hybridized carbons (Fsp3) is 0.400. The fourth-order valence-corrected chi connectivity index (χ4v) is 2.30. The summed E-state index contributed by atoms with van der Waals surface area (Å²) in [6, 6.07) is 4.24. The van der Waals surface area contributed by atoms with E-state index in [1.54, 1.807) is 25.1 Å². The molecule has 0 saturated carbocycles. The molecular formula is C15H19N3O3. The molecule has 1 aromatic rings. The number of nitrogens with two attached hydrogens (primary N) is 1. The Kier molecular flexibility index (Phi) is 4.37. The summed E-state index contributed by atoms with van der Waals surface area (Å²) in [7, 11) is 0. The number of rotatable bonds is 5. The number of imide groups is 1. The number of fused-ring (bicyclic) bond motifs is 1.